The van der Waals surface area contributed by atoms with Crippen molar-refractivity contribution in [2.24, 2.45) is 0 Å². The van der Waals surface area contributed by atoms with Crippen molar-refractivity contribution >= 4 is 71.1 Å². The maximum atomic E-state index is 6.33. The van der Waals surface area contributed by atoms with Gasteiger partial charge < -0.3 is 9.32 Å². The third-order valence-corrected chi connectivity index (χ3v) is 11.2. The van der Waals surface area contributed by atoms with Gasteiger partial charge in [0.05, 0.1) is 0 Å². The van der Waals surface area contributed by atoms with E-state index in [0.717, 1.165) is 39.4 Å². The molecule has 0 unspecified atom stereocenters. The molecule has 0 spiro atoms. The van der Waals surface area contributed by atoms with Crippen molar-refractivity contribution in [1.29, 1.82) is 0 Å². The molecule has 262 valence electrons. The Labute approximate surface area is 325 Å². The van der Waals surface area contributed by atoms with Crippen LogP contribution in [0.2, 0.25) is 0 Å². The molecule has 2 nitrogen and oxygen atoms in total. The molecular formula is C54H35NO. The predicted molar refractivity (Wildman–Crippen MR) is 237 cm³/mol. The van der Waals surface area contributed by atoms with Gasteiger partial charge in [-0.25, -0.2) is 0 Å². The van der Waals surface area contributed by atoms with Crippen LogP contribution in [0.4, 0.5) is 17.1 Å². The van der Waals surface area contributed by atoms with Crippen molar-refractivity contribution < 1.29 is 4.42 Å². The van der Waals surface area contributed by atoms with E-state index in [1.165, 1.54) is 65.3 Å². The number of rotatable bonds is 6. The Kier molecular flexibility index (Phi) is 7.53. The molecule has 0 amide bonds. The summed E-state index contributed by atoms with van der Waals surface area (Å²) in [6.07, 6.45) is 0. The molecular weight excluding hydrogens is 679 g/mol. The van der Waals surface area contributed by atoms with E-state index < -0.39 is 0 Å². The molecule has 0 radical (unpaired) electrons. The summed E-state index contributed by atoms with van der Waals surface area (Å²) < 4.78 is 6.33. The number of hydrogen-bond acceptors (Lipinski definition) is 2. The Morgan fingerprint density at radius 3 is 1.62 bits per heavy atom. The summed E-state index contributed by atoms with van der Waals surface area (Å²) in [4.78, 5) is 2.34. The van der Waals surface area contributed by atoms with Crippen LogP contribution in [-0.2, 0) is 0 Å². The zero-order chi connectivity index (χ0) is 37.0. The second-order valence-corrected chi connectivity index (χ2v) is 14.5. The first-order chi connectivity index (χ1) is 27.7. The first kappa shape index (κ1) is 32.0. The van der Waals surface area contributed by atoms with Crippen LogP contribution in [0.25, 0.3) is 87.6 Å². The fraction of sp³-hybridized carbons (Fsp3) is 0. The molecule has 2 heteroatoms. The topological polar surface area (TPSA) is 16.4 Å². The summed E-state index contributed by atoms with van der Waals surface area (Å²) in [6, 6.07) is 76.5. The van der Waals surface area contributed by atoms with Crippen LogP contribution in [-0.4, -0.2) is 0 Å². The second kappa shape index (κ2) is 13.2. The van der Waals surface area contributed by atoms with Crippen LogP contribution >= 0.6 is 0 Å². The molecule has 0 bridgehead atoms. The number of benzene rings is 10. The minimum Gasteiger partial charge on any atom is -0.456 e. The largest absolute Gasteiger partial charge is 0.456 e. The van der Waals surface area contributed by atoms with Gasteiger partial charge in [-0.3, -0.25) is 0 Å². The Hall–Kier alpha value is -7.42. The van der Waals surface area contributed by atoms with Gasteiger partial charge in [0.25, 0.3) is 0 Å². The molecule has 11 rings (SSSR count). The quantitative estimate of drug-likeness (QED) is 0.160. The molecule has 11 aromatic rings. The van der Waals surface area contributed by atoms with Crippen LogP contribution in [0.15, 0.2) is 217 Å². The Bertz CT molecular complexity index is 3210. The molecule has 0 aliphatic heterocycles. The number of nitrogens with zero attached hydrogens (tertiary/aromatic N) is 1. The number of anilines is 3. The average molecular weight is 714 g/mol. The molecule has 0 saturated heterocycles. The summed E-state index contributed by atoms with van der Waals surface area (Å²) in [7, 11) is 0. The number of fused-ring (bicyclic) bond motifs is 7. The van der Waals surface area contributed by atoms with E-state index in [0.29, 0.717) is 0 Å². The lowest BCUT2D eigenvalue weighted by atomic mass is 9.93. The molecule has 0 aliphatic carbocycles. The minimum atomic E-state index is 0.853. The van der Waals surface area contributed by atoms with Crippen molar-refractivity contribution in [2.45, 2.75) is 0 Å². The number of furan rings is 1. The summed E-state index contributed by atoms with van der Waals surface area (Å²) >= 11 is 0. The van der Waals surface area contributed by atoms with E-state index in [9.17, 15) is 0 Å². The minimum absolute atomic E-state index is 0.853. The highest BCUT2D eigenvalue weighted by molar-refractivity contribution is 6.14. The predicted octanol–water partition coefficient (Wildman–Crippen LogP) is 15.5. The normalized spacial score (nSPS) is 11.6. The van der Waals surface area contributed by atoms with Crippen LogP contribution in [0, 0.1) is 0 Å². The van der Waals surface area contributed by atoms with Crippen LogP contribution < -0.4 is 4.90 Å². The molecule has 56 heavy (non-hydrogen) atoms. The van der Waals surface area contributed by atoms with Crippen molar-refractivity contribution in [3.63, 3.8) is 0 Å². The maximum Gasteiger partial charge on any atom is 0.135 e. The SMILES string of the molecule is c1cc(-c2cc3ccccc3o2)cc(N(c2ccc(-c3ccc4c(ccc5ccccc54)c3)cc2)c2ccc(-c3cc4ccccc4c4ccccc34)cc2)c1. The second-order valence-electron chi connectivity index (χ2n) is 14.5. The fourth-order valence-corrected chi connectivity index (χ4v) is 8.45. The van der Waals surface area contributed by atoms with Gasteiger partial charge in [-0.15, -0.1) is 0 Å². The van der Waals surface area contributed by atoms with E-state index in [-0.39, 0.29) is 0 Å². The van der Waals surface area contributed by atoms with Gasteiger partial charge in [0, 0.05) is 28.0 Å². The average Bonchev–Trinajstić information content (AvgIpc) is 3.72. The zero-order valence-electron chi connectivity index (χ0n) is 30.6. The summed E-state index contributed by atoms with van der Waals surface area (Å²) in [5.41, 5.74) is 9.92. The molecule has 0 atom stereocenters. The lowest BCUT2D eigenvalue weighted by Gasteiger charge is -2.26. The Balaban J connectivity index is 1.01. The van der Waals surface area contributed by atoms with Crippen molar-refractivity contribution in [1.82, 2.24) is 0 Å². The monoisotopic (exact) mass is 713 g/mol. The van der Waals surface area contributed by atoms with E-state index >= 15 is 0 Å². The van der Waals surface area contributed by atoms with E-state index in [1.807, 2.05) is 18.2 Å². The molecule has 0 saturated carbocycles. The summed E-state index contributed by atoms with van der Waals surface area (Å²) in [5, 5.41) is 11.2. The van der Waals surface area contributed by atoms with Gasteiger partial charge in [-0.2, -0.15) is 0 Å². The number of hydrogen-bond donors (Lipinski definition) is 0. The maximum absolute atomic E-state index is 6.33. The first-order valence-corrected chi connectivity index (χ1v) is 19.2. The smallest absolute Gasteiger partial charge is 0.135 e. The lowest BCUT2D eigenvalue weighted by Crippen LogP contribution is -2.10. The highest BCUT2D eigenvalue weighted by atomic mass is 16.3. The molecule has 0 fully saturated rings. The summed E-state index contributed by atoms with van der Waals surface area (Å²) in [5.74, 6) is 0.853. The van der Waals surface area contributed by atoms with E-state index in [2.05, 4.69) is 199 Å². The third kappa shape index (κ3) is 5.51. The molecule has 0 N–H and O–H groups in total. The van der Waals surface area contributed by atoms with Gasteiger partial charge in [-0.1, -0.05) is 152 Å². The van der Waals surface area contributed by atoms with Crippen LogP contribution in [0.3, 0.4) is 0 Å². The van der Waals surface area contributed by atoms with E-state index in [4.69, 9.17) is 4.42 Å². The standard InChI is InChI=1S/C54H35NO/c1-4-15-47-37(10-1)20-21-41-32-39(26-31-49(41)47)36-22-27-44(28-23-36)55(46-14-9-13-42(33-46)54-35-43-12-3-8-19-53(43)56-54)45-29-24-38(25-30-45)52-34-40-11-2-5-16-48(40)50-17-6-7-18-51(50)52/h1-35H. The van der Waals surface area contributed by atoms with Crippen LogP contribution in [0.1, 0.15) is 0 Å². The summed E-state index contributed by atoms with van der Waals surface area (Å²) in [6.45, 7) is 0. The highest BCUT2D eigenvalue weighted by Crippen LogP contribution is 2.41. The van der Waals surface area contributed by atoms with Gasteiger partial charge in [0.15, 0.2) is 0 Å². The van der Waals surface area contributed by atoms with Gasteiger partial charge >= 0.3 is 0 Å². The van der Waals surface area contributed by atoms with Crippen molar-refractivity contribution in [3.8, 4) is 33.6 Å². The third-order valence-electron chi connectivity index (χ3n) is 11.2. The van der Waals surface area contributed by atoms with Crippen molar-refractivity contribution in [3.05, 3.63) is 212 Å². The van der Waals surface area contributed by atoms with Crippen molar-refractivity contribution in [2.75, 3.05) is 4.90 Å². The molecule has 10 aromatic carbocycles. The zero-order valence-corrected chi connectivity index (χ0v) is 30.6. The van der Waals surface area contributed by atoms with Crippen LogP contribution in [0.5, 0.6) is 0 Å². The molecule has 0 aliphatic rings. The Morgan fingerprint density at radius 2 is 0.857 bits per heavy atom. The number of para-hydroxylation sites is 1. The van der Waals surface area contributed by atoms with E-state index in [1.54, 1.807) is 0 Å². The van der Waals surface area contributed by atoms with Gasteiger partial charge in [0.1, 0.15) is 11.3 Å². The highest BCUT2D eigenvalue weighted by Gasteiger charge is 2.17. The fourth-order valence-electron chi connectivity index (χ4n) is 8.45. The molecule has 1 heterocycles. The first-order valence-electron chi connectivity index (χ1n) is 19.2. The van der Waals surface area contributed by atoms with Gasteiger partial charge in [-0.05, 0) is 126 Å². The lowest BCUT2D eigenvalue weighted by molar-refractivity contribution is 0.631. The van der Waals surface area contributed by atoms with Gasteiger partial charge in [0.2, 0.25) is 0 Å². The Morgan fingerprint density at radius 1 is 0.286 bits per heavy atom. The molecule has 1 aromatic heterocycles.